The van der Waals surface area contributed by atoms with Crippen LogP contribution in [0.3, 0.4) is 0 Å². The van der Waals surface area contributed by atoms with Crippen LogP contribution in [0.25, 0.3) is 0 Å². The number of rotatable bonds is 8. The lowest BCUT2D eigenvalue weighted by Crippen LogP contribution is -2.27. The summed E-state index contributed by atoms with van der Waals surface area (Å²) in [6.45, 7) is 2.38. The van der Waals surface area contributed by atoms with Crippen LogP contribution in [-0.4, -0.2) is 47.5 Å². The molecule has 0 radical (unpaired) electrons. The van der Waals surface area contributed by atoms with E-state index in [-0.39, 0.29) is 5.91 Å². The number of carbonyl (C=O) groups is 1. The highest BCUT2D eigenvalue weighted by Gasteiger charge is 2.16. The fourth-order valence-corrected chi connectivity index (χ4v) is 3.13. The van der Waals surface area contributed by atoms with Gasteiger partial charge in [0.2, 0.25) is 0 Å². The minimum absolute atomic E-state index is 0.145. The van der Waals surface area contributed by atoms with E-state index in [4.69, 9.17) is 9.47 Å². The van der Waals surface area contributed by atoms with Crippen molar-refractivity contribution < 1.29 is 14.3 Å². The summed E-state index contributed by atoms with van der Waals surface area (Å²) >= 11 is 0. The predicted octanol–water partition coefficient (Wildman–Crippen LogP) is 2.00. The van der Waals surface area contributed by atoms with E-state index < -0.39 is 0 Å². The number of fused-ring (bicyclic) bond motifs is 1. The fraction of sp³-hybridized carbons (Fsp3) is 0.526. The lowest BCUT2D eigenvalue weighted by molar-refractivity contribution is 0.0946. The van der Waals surface area contributed by atoms with Crippen molar-refractivity contribution in [2.75, 3.05) is 26.9 Å². The lowest BCUT2D eigenvalue weighted by atomic mass is 10.2. The van der Waals surface area contributed by atoms with Crippen LogP contribution in [0.5, 0.6) is 5.75 Å². The Bertz CT molecular complexity index is 729. The first-order valence-electron chi connectivity index (χ1n) is 9.19. The van der Waals surface area contributed by atoms with E-state index in [1.165, 1.54) is 12.8 Å². The molecule has 0 fully saturated rings. The average Bonchev–Trinajstić information content (AvgIpc) is 2.89. The number of para-hydroxylation sites is 1. The third-order valence-electron chi connectivity index (χ3n) is 4.50. The first-order chi connectivity index (χ1) is 12.8. The van der Waals surface area contributed by atoms with Gasteiger partial charge in [0.25, 0.3) is 5.91 Å². The maximum Gasteiger partial charge on any atom is 0.255 e. The van der Waals surface area contributed by atoms with Crippen molar-refractivity contribution >= 4 is 5.91 Å². The van der Waals surface area contributed by atoms with Gasteiger partial charge >= 0.3 is 0 Å². The predicted molar refractivity (Wildman–Crippen MR) is 97.4 cm³/mol. The second-order valence-electron chi connectivity index (χ2n) is 6.34. The quantitative estimate of drug-likeness (QED) is 0.730. The van der Waals surface area contributed by atoms with Crippen molar-refractivity contribution in [3.8, 4) is 5.75 Å². The van der Waals surface area contributed by atoms with Gasteiger partial charge in [-0.05, 0) is 25.0 Å². The summed E-state index contributed by atoms with van der Waals surface area (Å²) in [6, 6.07) is 7.24. The van der Waals surface area contributed by atoms with E-state index >= 15 is 0 Å². The van der Waals surface area contributed by atoms with Crippen molar-refractivity contribution in [1.29, 1.82) is 0 Å². The molecule has 1 aromatic carbocycles. The molecule has 1 aromatic heterocycles. The number of aryl methyl sites for hydroxylation is 1. The van der Waals surface area contributed by atoms with Crippen LogP contribution in [-0.2, 0) is 24.1 Å². The van der Waals surface area contributed by atoms with Crippen molar-refractivity contribution in [2.45, 2.75) is 38.6 Å². The summed E-state index contributed by atoms with van der Waals surface area (Å²) in [4.78, 5) is 12.5. The molecule has 0 unspecified atom stereocenters. The Kier molecular flexibility index (Phi) is 6.60. The van der Waals surface area contributed by atoms with Gasteiger partial charge in [-0.2, -0.15) is 0 Å². The minimum atomic E-state index is -0.145. The molecule has 3 rings (SSSR count). The molecule has 2 aromatic rings. The number of nitrogens with one attached hydrogen (secondary N) is 1. The molecule has 0 saturated carbocycles. The molecule has 1 amide bonds. The van der Waals surface area contributed by atoms with Crippen LogP contribution in [0, 0.1) is 0 Å². The number of hydrogen-bond acceptors (Lipinski definition) is 5. The molecule has 140 valence electrons. The maximum atomic E-state index is 12.5. The number of benzene rings is 1. The molecular formula is C19H26N4O3. The Morgan fingerprint density at radius 3 is 2.96 bits per heavy atom. The van der Waals surface area contributed by atoms with E-state index in [1.54, 1.807) is 19.2 Å². The molecule has 7 nitrogen and oxygen atoms in total. The zero-order valence-electron chi connectivity index (χ0n) is 15.2. The molecule has 0 atom stereocenters. The van der Waals surface area contributed by atoms with Crippen LogP contribution in [0.4, 0.5) is 0 Å². The van der Waals surface area contributed by atoms with Gasteiger partial charge in [0, 0.05) is 33.0 Å². The van der Waals surface area contributed by atoms with Crippen LogP contribution in [0.2, 0.25) is 0 Å². The molecule has 0 aliphatic carbocycles. The number of carbonyl (C=O) groups excluding carboxylic acids is 1. The highest BCUT2D eigenvalue weighted by Crippen LogP contribution is 2.18. The summed E-state index contributed by atoms with van der Waals surface area (Å²) < 4.78 is 12.8. The van der Waals surface area contributed by atoms with E-state index in [1.807, 2.05) is 12.1 Å². The van der Waals surface area contributed by atoms with E-state index in [9.17, 15) is 4.79 Å². The molecule has 0 bridgehead atoms. The first kappa shape index (κ1) is 18.4. The second kappa shape index (κ2) is 9.33. The average molecular weight is 358 g/mol. The summed E-state index contributed by atoms with van der Waals surface area (Å²) in [7, 11) is 1.62. The molecular weight excluding hydrogens is 332 g/mol. The number of ether oxygens (including phenoxy) is 2. The topological polar surface area (TPSA) is 78.3 Å². The third-order valence-corrected chi connectivity index (χ3v) is 4.50. The second-order valence-corrected chi connectivity index (χ2v) is 6.34. The molecule has 7 heteroatoms. The van der Waals surface area contributed by atoms with Gasteiger partial charge in [0.05, 0.1) is 12.2 Å². The van der Waals surface area contributed by atoms with Gasteiger partial charge in [-0.3, -0.25) is 4.79 Å². The van der Waals surface area contributed by atoms with Gasteiger partial charge in [0.1, 0.15) is 24.0 Å². The van der Waals surface area contributed by atoms with Crippen molar-refractivity contribution in [3.05, 3.63) is 41.5 Å². The zero-order valence-corrected chi connectivity index (χ0v) is 15.2. The summed E-state index contributed by atoms with van der Waals surface area (Å²) in [5.74, 6) is 2.44. The minimum Gasteiger partial charge on any atom is -0.490 e. The third kappa shape index (κ3) is 4.60. The van der Waals surface area contributed by atoms with Crippen molar-refractivity contribution in [1.82, 2.24) is 20.1 Å². The van der Waals surface area contributed by atoms with E-state index in [0.717, 1.165) is 31.0 Å². The van der Waals surface area contributed by atoms with Crippen LogP contribution < -0.4 is 10.1 Å². The molecule has 1 aliphatic rings. The summed E-state index contributed by atoms with van der Waals surface area (Å²) in [5.41, 5.74) is 0.531. The van der Waals surface area contributed by atoms with Gasteiger partial charge in [-0.15, -0.1) is 10.2 Å². The Labute approximate surface area is 153 Å². The monoisotopic (exact) mass is 358 g/mol. The van der Waals surface area contributed by atoms with Crippen LogP contribution >= 0.6 is 0 Å². The van der Waals surface area contributed by atoms with E-state index in [2.05, 4.69) is 20.1 Å². The number of nitrogens with zero attached hydrogens (tertiary/aromatic N) is 3. The van der Waals surface area contributed by atoms with Gasteiger partial charge < -0.3 is 19.4 Å². The van der Waals surface area contributed by atoms with Crippen molar-refractivity contribution in [2.24, 2.45) is 0 Å². The highest BCUT2D eigenvalue weighted by atomic mass is 16.5. The standard InChI is InChI=1S/C19H26N4O3/c1-25-13-14-26-16-8-5-4-7-15(16)19(24)20-11-10-18-22-21-17-9-3-2-6-12-23(17)18/h4-5,7-8H,2-3,6,9-14H2,1H3,(H,20,24). The number of methoxy groups -OCH3 is 1. The Morgan fingerprint density at radius 1 is 1.19 bits per heavy atom. The lowest BCUT2D eigenvalue weighted by Gasteiger charge is -2.12. The first-order valence-corrected chi connectivity index (χ1v) is 9.19. The number of aromatic nitrogens is 3. The largest absolute Gasteiger partial charge is 0.490 e. The molecule has 0 saturated heterocycles. The van der Waals surface area contributed by atoms with Crippen molar-refractivity contribution in [3.63, 3.8) is 0 Å². The zero-order chi connectivity index (χ0) is 18.2. The van der Waals surface area contributed by atoms with Gasteiger partial charge in [0.15, 0.2) is 0 Å². The smallest absolute Gasteiger partial charge is 0.255 e. The Hall–Kier alpha value is -2.41. The Morgan fingerprint density at radius 2 is 2.08 bits per heavy atom. The number of amides is 1. The number of hydrogen-bond donors (Lipinski definition) is 1. The summed E-state index contributed by atoms with van der Waals surface area (Å²) in [6.07, 6.45) is 5.24. The van der Waals surface area contributed by atoms with Gasteiger partial charge in [-0.1, -0.05) is 18.6 Å². The summed E-state index contributed by atoms with van der Waals surface area (Å²) in [5, 5.41) is 11.6. The maximum absolute atomic E-state index is 12.5. The normalized spacial score (nSPS) is 13.7. The van der Waals surface area contributed by atoms with Crippen LogP contribution in [0.1, 0.15) is 41.3 Å². The fourth-order valence-electron chi connectivity index (χ4n) is 3.13. The molecule has 26 heavy (non-hydrogen) atoms. The highest BCUT2D eigenvalue weighted by molar-refractivity contribution is 5.96. The molecule has 0 spiro atoms. The van der Waals surface area contributed by atoms with E-state index in [0.29, 0.717) is 37.5 Å². The van der Waals surface area contributed by atoms with Gasteiger partial charge in [-0.25, -0.2) is 0 Å². The molecule has 1 N–H and O–H groups in total. The SMILES string of the molecule is COCCOc1ccccc1C(=O)NCCc1nnc2n1CCCCC2. The molecule has 2 heterocycles. The van der Waals surface area contributed by atoms with Crippen LogP contribution in [0.15, 0.2) is 24.3 Å². The Balaban J connectivity index is 1.56. The molecule has 1 aliphatic heterocycles.